The highest BCUT2D eigenvalue weighted by atomic mass is 35.5. The number of phosphoric ester groups is 1. The van der Waals surface area contributed by atoms with Crippen LogP contribution in [0.4, 0.5) is 0 Å². The van der Waals surface area contributed by atoms with Gasteiger partial charge in [-0.1, -0.05) is 0 Å². The Balaban J connectivity index is 4.95. The Kier molecular flexibility index (Phi) is 12.4. The van der Waals surface area contributed by atoms with Crippen LogP contribution >= 0.6 is 54.2 Å². The van der Waals surface area contributed by atoms with E-state index in [1.165, 1.54) is 0 Å². The minimum atomic E-state index is -4.14. The van der Waals surface area contributed by atoms with Gasteiger partial charge in [-0.15, -0.1) is 46.4 Å². The van der Waals surface area contributed by atoms with Gasteiger partial charge in [0, 0.05) is 0 Å². The highest BCUT2D eigenvalue weighted by Gasteiger charge is 2.36. The molecule has 11 heteroatoms. The van der Waals surface area contributed by atoms with E-state index in [0.717, 1.165) is 0 Å². The topological polar surface area (TPSA) is 85.2 Å². The lowest BCUT2D eigenvalue weighted by Gasteiger charge is -2.26. The van der Waals surface area contributed by atoms with Gasteiger partial charge in [-0.3, -0.25) is 13.6 Å². The number of hydrogen-bond donors (Lipinski definition) is 2. The zero-order valence-electron chi connectivity index (χ0n) is 10.5. The molecule has 0 aliphatic rings. The van der Waals surface area contributed by atoms with Crippen LogP contribution < -0.4 is 0 Å². The predicted octanol–water partition coefficient (Wildman–Crippen LogP) is 2.19. The predicted molar refractivity (Wildman–Crippen MR) is 79.3 cm³/mol. The SMILES string of the molecule is O=P(OC(CO)CO)(OC(CCl)CCl)OC(CCl)CCl. The molecule has 0 aromatic carbocycles. The average Bonchev–Trinajstić information content (AvgIpc) is 2.48. The maximum absolute atomic E-state index is 12.5. The van der Waals surface area contributed by atoms with Crippen molar-refractivity contribution in [2.45, 2.75) is 18.3 Å². The van der Waals surface area contributed by atoms with Crippen LogP contribution in [-0.4, -0.2) is 65.3 Å². The van der Waals surface area contributed by atoms with E-state index in [9.17, 15) is 4.57 Å². The van der Waals surface area contributed by atoms with E-state index in [-0.39, 0.29) is 23.5 Å². The second kappa shape index (κ2) is 11.7. The average molecular weight is 394 g/mol. The largest absolute Gasteiger partial charge is 0.475 e. The minimum absolute atomic E-state index is 0.0461. The number of aliphatic hydroxyl groups is 2. The lowest BCUT2D eigenvalue weighted by Crippen LogP contribution is -2.27. The molecule has 0 atom stereocenters. The zero-order valence-corrected chi connectivity index (χ0v) is 14.4. The molecule has 0 spiro atoms. The smallest absolute Gasteiger partial charge is 0.394 e. The second-order valence-corrected chi connectivity index (χ2v) is 6.37. The molecule has 0 rings (SSSR count). The quantitative estimate of drug-likeness (QED) is 0.390. The van der Waals surface area contributed by atoms with Crippen LogP contribution in [0.2, 0.25) is 0 Å². The monoisotopic (exact) mass is 392 g/mol. The van der Waals surface area contributed by atoms with Crippen molar-refractivity contribution in [2.75, 3.05) is 36.7 Å². The highest BCUT2D eigenvalue weighted by molar-refractivity contribution is 7.48. The van der Waals surface area contributed by atoms with E-state index in [2.05, 4.69) is 0 Å². The van der Waals surface area contributed by atoms with Gasteiger partial charge in [-0.2, -0.15) is 0 Å². The second-order valence-electron chi connectivity index (χ2n) is 3.61. The fraction of sp³-hybridized carbons (Fsp3) is 1.00. The molecule has 0 aliphatic carbocycles. The Bertz CT molecular complexity index is 243. The normalized spacial score (nSPS) is 12.8. The number of alkyl halides is 4. The van der Waals surface area contributed by atoms with Crippen LogP contribution in [0, 0.1) is 0 Å². The number of phosphoric acid groups is 1. The van der Waals surface area contributed by atoms with Crippen molar-refractivity contribution in [1.29, 1.82) is 0 Å². The van der Waals surface area contributed by atoms with Gasteiger partial charge >= 0.3 is 7.82 Å². The third kappa shape index (κ3) is 7.99. The van der Waals surface area contributed by atoms with Crippen molar-refractivity contribution in [2.24, 2.45) is 0 Å². The molecule has 20 heavy (non-hydrogen) atoms. The van der Waals surface area contributed by atoms with E-state index in [1.807, 2.05) is 0 Å². The summed E-state index contributed by atoms with van der Waals surface area (Å²) in [6.45, 7) is -1.15. The van der Waals surface area contributed by atoms with Crippen LogP contribution in [0.15, 0.2) is 0 Å². The summed E-state index contributed by atoms with van der Waals surface area (Å²) in [4.78, 5) is 0. The molecule has 0 fully saturated rings. The van der Waals surface area contributed by atoms with Gasteiger partial charge in [0.2, 0.25) is 0 Å². The molecule has 2 N–H and O–H groups in total. The van der Waals surface area contributed by atoms with Crippen molar-refractivity contribution < 1.29 is 28.3 Å². The van der Waals surface area contributed by atoms with E-state index in [1.54, 1.807) is 0 Å². The zero-order chi connectivity index (χ0) is 15.6. The summed E-state index contributed by atoms with van der Waals surface area (Å²) in [6.07, 6.45) is -2.74. The molecule has 0 radical (unpaired) electrons. The lowest BCUT2D eigenvalue weighted by atomic mass is 10.4. The van der Waals surface area contributed by atoms with Gasteiger partial charge in [-0.25, -0.2) is 4.57 Å². The number of halogens is 4. The van der Waals surface area contributed by atoms with Crippen LogP contribution in [-0.2, 0) is 18.1 Å². The van der Waals surface area contributed by atoms with Gasteiger partial charge in [0.1, 0.15) is 6.10 Å². The van der Waals surface area contributed by atoms with E-state index in [0.29, 0.717) is 0 Å². The molecule has 0 amide bonds. The van der Waals surface area contributed by atoms with E-state index < -0.39 is 39.3 Å². The molecule has 0 aromatic heterocycles. The van der Waals surface area contributed by atoms with Crippen molar-refractivity contribution in [3.63, 3.8) is 0 Å². The highest BCUT2D eigenvalue weighted by Crippen LogP contribution is 2.53. The Labute approximate surface area is 137 Å². The fourth-order valence-corrected chi connectivity index (χ4v) is 3.88. The van der Waals surface area contributed by atoms with Crippen LogP contribution in [0.3, 0.4) is 0 Å². The Morgan fingerprint density at radius 2 is 1.05 bits per heavy atom. The van der Waals surface area contributed by atoms with Crippen LogP contribution in [0.1, 0.15) is 0 Å². The summed E-state index contributed by atoms with van der Waals surface area (Å²) >= 11 is 22.4. The summed E-state index contributed by atoms with van der Waals surface area (Å²) in [5.74, 6) is -0.184. The van der Waals surface area contributed by atoms with Gasteiger partial charge in [0.25, 0.3) is 0 Å². The third-order valence-electron chi connectivity index (χ3n) is 1.93. The molecule has 0 saturated carbocycles. The van der Waals surface area contributed by atoms with E-state index >= 15 is 0 Å². The van der Waals surface area contributed by atoms with Crippen LogP contribution in [0.25, 0.3) is 0 Å². The Morgan fingerprint density at radius 1 is 0.750 bits per heavy atom. The van der Waals surface area contributed by atoms with Crippen LogP contribution in [0.5, 0.6) is 0 Å². The molecule has 0 aliphatic heterocycles. The molecular formula is C9H17Cl4O6P. The van der Waals surface area contributed by atoms with Crippen molar-refractivity contribution in [3.05, 3.63) is 0 Å². The maximum atomic E-state index is 12.5. The molecular weight excluding hydrogens is 377 g/mol. The first-order chi connectivity index (χ1) is 9.48. The van der Waals surface area contributed by atoms with Crippen molar-refractivity contribution >= 4 is 54.2 Å². The number of hydrogen-bond acceptors (Lipinski definition) is 6. The first-order valence-corrected chi connectivity index (χ1v) is 9.19. The standard InChI is InChI=1S/C9H17Cl4O6P/c10-1-7(2-11)17-20(16,18-8(3-12)4-13)19-9(5-14)6-15/h7-9,14-15H,1-6H2. The molecule has 0 saturated heterocycles. The summed E-state index contributed by atoms with van der Waals surface area (Å²) in [6, 6.07) is 0. The summed E-state index contributed by atoms with van der Waals surface area (Å²) in [5, 5.41) is 17.9. The number of rotatable bonds is 12. The third-order valence-corrected chi connectivity index (χ3v) is 4.98. The molecule has 0 heterocycles. The Hall–Kier alpha value is 1.19. The maximum Gasteiger partial charge on any atom is 0.475 e. The summed E-state index contributed by atoms with van der Waals surface area (Å²) in [7, 11) is -4.14. The molecule has 122 valence electrons. The first-order valence-electron chi connectivity index (χ1n) is 5.59. The fourth-order valence-electron chi connectivity index (χ4n) is 0.942. The van der Waals surface area contributed by atoms with E-state index in [4.69, 9.17) is 70.2 Å². The summed E-state index contributed by atoms with van der Waals surface area (Å²) < 4.78 is 27.7. The Morgan fingerprint density at radius 3 is 1.30 bits per heavy atom. The first kappa shape index (κ1) is 21.2. The number of aliphatic hydroxyl groups excluding tert-OH is 2. The molecule has 0 unspecified atom stereocenters. The van der Waals surface area contributed by atoms with Gasteiger partial charge in [0.05, 0.1) is 48.9 Å². The van der Waals surface area contributed by atoms with Crippen molar-refractivity contribution in [1.82, 2.24) is 0 Å². The van der Waals surface area contributed by atoms with Gasteiger partial charge in [-0.05, 0) is 0 Å². The summed E-state index contributed by atoms with van der Waals surface area (Å²) in [5.41, 5.74) is 0. The molecule has 0 aromatic rings. The molecule has 0 bridgehead atoms. The van der Waals surface area contributed by atoms with Gasteiger partial charge < -0.3 is 10.2 Å². The molecule has 6 nitrogen and oxygen atoms in total. The minimum Gasteiger partial charge on any atom is -0.394 e. The van der Waals surface area contributed by atoms with Gasteiger partial charge in [0.15, 0.2) is 0 Å². The van der Waals surface area contributed by atoms with Crippen molar-refractivity contribution in [3.8, 4) is 0 Å². The lowest BCUT2D eigenvalue weighted by molar-refractivity contribution is 0.00539.